The third kappa shape index (κ3) is 5.13. The van der Waals surface area contributed by atoms with Crippen LogP contribution in [0.15, 0.2) is 54.6 Å². The van der Waals surface area contributed by atoms with Crippen LogP contribution in [-0.2, 0) is 20.7 Å². The third-order valence-corrected chi connectivity index (χ3v) is 3.49. The second-order valence-corrected chi connectivity index (χ2v) is 5.29. The van der Waals surface area contributed by atoms with Crippen LogP contribution in [0.25, 0.3) is 0 Å². The number of ether oxygens (including phenoxy) is 1. The predicted octanol–water partition coefficient (Wildman–Crippen LogP) is 2.96. The van der Waals surface area contributed by atoms with Gasteiger partial charge in [0.05, 0.1) is 11.5 Å². The Kier molecular flexibility index (Phi) is 6.22. The molecular formula is C18H18N2O5. The summed E-state index contributed by atoms with van der Waals surface area (Å²) in [7, 11) is 0. The Labute approximate surface area is 144 Å². The molecule has 0 radical (unpaired) electrons. The summed E-state index contributed by atoms with van der Waals surface area (Å²) in [5.41, 5.74) is 0.921. The van der Waals surface area contributed by atoms with E-state index in [0.29, 0.717) is 0 Å². The second kappa shape index (κ2) is 8.58. The molecule has 25 heavy (non-hydrogen) atoms. The Bertz CT molecular complexity index is 761. The Balaban J connectivity index is 2.18. The molecule has 7 heteroatoms. The number of carbonyl (C=O) groups excluding carboxylic acids is 2. The van der Waals surface area contributed by atoms with Gasteiger partial charge in [0.15, 0.2) is 0 Å². The second-order valence-electron chi connectivity index (χ2n) is 5.29. The molecule has 0 bridgehead atoms. The molecule has 2 rings (SSSR count). The number of hydrogen-bond donors (Lipinski definition) is 1. The topological polar surface area (TPSA) is 98.5 Å². The molecule has 1 atom stereocenters. The van der Waals surface area contributed by atoms with E-state index in [0.717, 1.165) is 5.56 Å². The summed E-state index contributed by atoms with van der Waals surface area (Å²) in [6.07, 6.45) is 0.181. The van der Waals surface area contributed by atoms with Crippen molar-refractivity contribution in [3.05, 3.63) is 70.3 Å². The number of nitrogens with zero attached hydrogens (tertiary/aromatic N) is 1. The van der Waals surface area contributed by atoms with Crippen molar-refractivity contribution in [1.29, 1.82) is 0 Å². The van der Waals surface area contributed by atoms with Gasteiger partial charge in [-0.15, -0.1) is 0 Å². The Morgan fingerprint density at radius 2 is 1.88 bits per heavy atom. The molecule has 0 fully saturated rings. The van der Waals surface area contributed by atoms with E-state index in [1.54, 1.807) is 6.92 Å². The first-order valence-corrected chi connectivity index (χ1v) is 7.77. The normalized spacial score (nSPS) is 11.4. The van der Waals surface area contributed by atoms with Crippen LogP contribution in [0.3, 0.4) is 0 Å². The van der Waals surface area contributed by atoms with Gasteiger partial charge in [-0.25, -0.2) is 0 Å². The Hall–Kier alpha value is -3.22. The van der Waals surface area contributed by atoms with Crippen molar-refractivity contribution in [2.45, 2.75) is 13.3 Å². The largest absolute Gasteiger partial charge is 0.465 e. The molecule has 130 valence electrons. The molecule has 0 aliphatic rings. The van der Waals surface area contributed by atoms with E-state index in [2.05, 4.69) is 5.32 Å². The van der Waals surface area contributed by atoms with Gasteiger partial charge >= 0.3 is 5.97 Å². The van der Waals surface area contributed by atoms with Gasteiger partial charge in [0, 0.05) is 17.8 Å². The van der Waals surface area contributed by atoms with Crippen LogP contribution in [0.5, 0.6) is 0 Å². The van der Waals surface area contributed by atoms with Crippen LogP contribution in [0, 0.1) is 16.0 Å². The molecule has 0 heterocycles. The number of nitro groups is 1. The lowest BCUT2D eigenvalue weighted by molar-refractivity contribution is -0.384. The molecule has 1 N–H and O–H groups in total. The number of nitro benzene ring substituents is 1. The highest BCUT2D eigenvalue weighted by atomic mass is 16.6. The Morgan fingerprint density at radius 1 is 1.16 bits per heavy atom. The third-order valence-electron chi connectivity index (χ3n) is 3.49. The number of anilines is 1. The first-order valence-electron chi connectivity index (χ1n) is 7.77. The highest BCUT2D eigenvalue weighted by Crippen LogP contribution is 2.19. The number of esters is 1. The van der Waals surface area contributed by atoms with Crippen molar-refractivity contribution in [2.75, 3.05) is 11.9 Å². The minimum absolute atomic E-state index is 0.145. The maximum Gasteiger partial charge on any atom is 0.318 e. The van der Waals surface area contributed by atoms with E-state index in [1.807, 2.05) is 30.3 Å². The number of hydrogen-bond acceptors (Lipinski definition) is 5. The molecule has 0 aliphatic carbocycles. The molecule has 0 saturated carbocycles. The van der Waals surface area contributed by atoms with E-state index >= 15 is 0 Å². The minimum atomic E-state index is -1.04. The molecule has 0 saturated heterocycles. The number of amides is 1. The zero-order valence-electron chi connectivity index (χ0n) is 13.7. The summed E-state index contributed by atoms with van der Waals surface area (Å²) in [4.78, 5) is 35.0. The van der Waals surface area contributed by atoms with Crippen molar-refractivity contribution in [3.8, 4) is 0 Å². The molecule has 2 aromatic carbocycles. The van der Waals surface area contributed by atoms with E-state index in [1.165, 1.54) is 24.3 Å². The molecule has 7 nitrogen and oxygen atoms in total. The Morgan fingerprint density at radius 3 is 2.52 bits per heavy atom. The van der Waals surface area contributed by atoms with Gasteiger partial charge in [0.1, 0.15) is 5.92 Å². The molecular weight excluding hydrogens is 324 g/mol. The van der Waals surface area contributed by atoms with E-state index < -0.39 is 22.7 Å². The lowest BCUT2D eigenvalue weighted by atomic mass is 9.98. The summed E-state index contributed by atoms with van der Waals surface area (Å²) in [5.74, 6) is -2.24. The van der Waals surface area contributed by atoms with Gasteiger partial charge in [-0.2, -0.15) is 0 Å². The fraction of sp³-hybridized carbons (Fsp3) is 0.222. The highest BCUT2D eigenvalue weighted by molar-refractivity contribution is 6.05. The van der Waals surface area contributed by atoms with Crippen molar-refractivity contribution in [3.63, 3.8) is 0 Å². The van der Waals surface area contributed by atoms with Crippen molar-refractivity contribution in [1.82, 2.24) is 0 Å². The highest BCUT2D eigenvalue weighted by Gasteiger charge is 2.28. The zero-order valence-corrected chi connectivity index (χ0v) is 13.7. The molecule has 1 unspecified atom stereocenters. The van der Waals surface area contributed by atoms with Gasteiger partial charge in [0.25, 0.3) is 5.69 Å². The summed E-state index contributed by atoms with van der Waals surface area (Å²) in [6.45, 7) is 1.82. The first kappa shape index (κ1) is 18.1. The molecule has 2 aromatic rings. The number of carbonyl (C=O) groups is 2. The van der Waals surface area contributed by atoms with Gasteiger partial charge in [-0.1, -0.05) is 36.4 Å². The van der Waals surface area contributed by atoms with E-state index in [-0.39, 0.29) is 24.4 Å². The first-order chi connectivity index (χ1) is 12.0. The van der Waals surface area contributed by atoms with Crippen LogP contribution in [0.4, 0.5) is 11.4 Å². The summed E-state index contributed by atoms with van der Waals surface area (Å²) in [5, 5.41) is 13.4. The van der Waals surface area contributed by atoms with Gasteiger partial charge in [-0.05, 0) is 25.0 Å². The summed E-state index contributed by atoms with van der Waals surface area (Å²) >= 11 is 0. The average Bonchev–Trinajstić information content (AvgIpc) is 2.60. The summed E-state index contributed by atoms with van der Waals surface area (Å²) < 4.78 is 4.99. The van der Waals surface area contributed by atoms with Gasteiger partial charge in [0.2, 0.25) is 5.91 Å². The zero-order chi connectivity index (χ0) is 18.2. The van der Waals surface area contributed by atoms with Crippen LogP contribution in [0.2, 0.25) is 0 Å². The monoisotopic (exact) mass is 342 g/mol. The van der Waals surface area contributed by atoms with Crippen LogP contribution >= 0.6 is 0 Å². The fourth-order valence-electron chi connectivity index (χ4n) is 2.30. The predicted molar refractivity (Wildman–Crippen MR) is 92.0 cm³/mol. The lowest BCUT2D eigenvalue weighted by Crippen LogP contribution is -2.33. The van der Waals surface area contributed by atoms with E-state index in [4.69, 9.17) is 4.74 Å². The summed E-state index contributed by atoms with van der Waals surface area (Å²) in [6, 6.07) is 14.6. The smallest absolute Gasteiger partial charge is 0.318 e. The molecule has 0 aromatic heterocycles. The quantitative estimate of drug-likeness (QED) is 0.361. The average molecular weight is 342 g/mol. The van der Waals surface area contributed by atoms with Gasteiger partial charge in [-0.3, -0.25) is 19.7 Å². The lowest BCUT2D eigenvalue weighted by Gasteiger charge is -2.15. The molecule has 0 spiro atoms. The minimum Gasteiger partial charge on any atom is -0.465 e. The molecule has 0 aliphatic heterocycles. The van der Waals surface area contributed by atoms with Crippen molar-refractivity contribution < 1.29 is 19.2 Å². The van der Waals surface area contributed by atoms with Crippen LogP contribution in [-0.4, -0.2) is 23.4 Å². The van der Waals surface area contributed by atoms with E-state index in [9.17, 15) is 19.7 Å². The number of non-ortho nitro benzene ring substituents is 1. The van der Waals surface area contributed by atoms with Crippen molar-refractivity contribution in [2.24, 2.45) is 5.92 Å². The number of nitrogens with one attached hydrogen (secondary N) is 1. The number of benzene rings is 2. The van der Waals surface area contributed by atoms with Crippen LogP contribution < -0.4 is 5.32 Å². The van der Waals surface area contributed by atoms with Crippen molar-refractivity contribution >= 4 is 23.3 Å². The molecule has 1 amide bonds. The maximum absolute atomic E-state index is 12.5. The van der Waals surface area contributed by atoms with Crippen LogP contribution in [0.1, 0.15) is 12.5 Å². The standard InChI is InChI=1S/C18H18N2O5/c1-2-25-18(22)16(11-13-7-4-3-5-8-13)17(21)19-14-9-6-10-15(12-14)20(23)24/h3-10,12,16H,2,11H2,1H3,(H,19,21). The number of rotatable bonds is 7. The van der Waals surface area contributed by atoms with Gasteiger partial charge < -0.3 is 10.1 Å². The fourth-order valence-corrected chi connectivity index (χ4v) is 2.30. The maximum atomic E-state index is 12.5. The SMILES string of the molecule is CCOC(=O)C(Cc1ccccc1)C(=O)Nc1cccc([N+](=O)[O-])c1.